The predicted molar refractivity (Wildman–Crippen MR) is 125 cm³/mol. The van der Waals surface area contributed by atoms with Crippen molar-refractivity contribution < 1.29 is 9.84 Å². The first-order valence-electron chi connectivity index (χ1n) is 11.6. The Balaban J connectivity index is 1.40. The lowest BCUT2D eigenvalue weighted by Gasteiger charge is -2.29. The molecule has 8 heteroatoms. The number of pyridine rings is 1. The molecule has 3 aliphatic rings. The number of anilines is 2. The Bertz CT molecular complexity index is 1160. The molecule has 3 atom stereocenters. The number of benzene rings is 1. The van der Waals surface area contributed by atoms with E-state index in [1.807, 2.05) is 6.33 Å². The van der Waals surface area contributed by atoms with Gasteiger partial charge >= 0.3 is 0 Å². The highest BCUT2D eigenvalue weighted by Crippen LogP contribution is 2.41. The molecule has 1 saturated carbocycles. The molecule has 0 radical (unpaired) electrons. The zero-order valence-electron chi connectivity index (χ0n) is 18.6. The van der Waals surface area contributed by atoms with Crippen LogP contribution >= 0.6 is 0 Å². The summed E-state index contributed by atoms with van der Waals surface area (Å²) in [5.74, 6) is 0.880. The van der Waals surface area contributed by atoms with Gasteiger partial charge in [-0.3, -0.25) is 5.32 Å². The summed E-state index contributed by atoms with van der Waals surface area (Å²) in [7, 11) is 2.12. The molecule has 4 heterocycles. The molecule has 1 aromatic carbocycles. The van der Waals surface area contributed by atoms with Gasteiger partial charge in [-0.05, 0) is 44.4 Å². The maximum atomic E-state index is 9.88. The minimum absolute atomic E-state index is 0.0630. The molecule has 6 rings (SSSR count). The monoisotopic (exact) mass is 434 g/mol. The summed E-state index contributed by atoms with van der Waals surface area (Å²) in [6.07, 6.45) is 4.44. The zero-order chi connectivity index (χ0) is 21.8. The summed E-state index contributed by atoms with van der Waals surface area (Å²) in [5.41, 5.74) is 6.13. The number of aliphatic hydroxyl groups is 1. The van der Waals surface area contributed by atoms with Crippen LogP contribution in [0.5, 0.6) is 5.88 Å². The predicted octanol–water partition coefficient (Wildman–Crippen LogP) is 2.99. The van der Waals surface area contributed by atoms with Crippen molar-refractivity contribution in [2.75, 3.05) is 36.9 Å². The first-order chi connectivity index (χ1) is 15.6. The topological polar surface area (TPSA) is 87.5 Å². The summed E-state index contributed by atoms with van der Waals surface area (Å²) in [4.78, 5) is 12.0. The number of aliphatic hydroxyl groups excluding tert-OH is 1. The molecule has 8 nitrogen and oxygen atoms in total. The van der Waals surface area contributed by atoms with Crippen LogP contribution in [0.25, 0.3) is 22.3 Å². The highest BCUT2D eigenvalue weighted by molar-refractivity contribution is 5.86. The maximum Gasteiger partial charge on any atom is 0.241 e. The highest BCUT2D eigenvalue weighted by Gasteiger charge is 2.31. The van der Waals surface area contributed by atoms with Gasteiger partial charge in [-0.2, -0.15) is 0 Å². The number of hydrogen-bond acceptors (Lipinski definition) is 7. The van der Waals surface area contributed by atoms with E-state index in [-0.39, 0.29) is 12.0 Å². The van der Waals surface area contributed by atoms with E-state index < -0.39 is 6.23 Å². The van der Waals surface area contributed by atoms with Gasteiger partial charge in [0.25, 0.3) is 0 Å². The molecular formula is C24H30N6O2. The van der Waals surface area contributed by atoms with Crippen molar-refractivity contribution in [3.05, 3.63) is 30.6 Å². The van der Waals surface area contributed by atoms with Crippen LogP contribution < -0.4 is 20.3 Å². The van der Waals surface area contributed by atoms with Crippen molar-refractivity contribution in [2.45, 2.75) is 44.6 Å². The second-order valence-electron chi connectivity index (χ2n) is 9.39. The average molecular weight is 435 g/mol. The van der Waals surface area contributed by atoms with E-state index in [4.69, 9.17) is 14.7 Å². The van der Waals surface area contributed by atoms with E-state index >= 15 is 0 Å². The second kappa shape index (κ2) is 7.64. The van der Waals surface area contributed by atoms with Crippen molar-refractivity contribution >= 4 is 22.4 Å². The van der Waals surface area contributed by atoms with Crippen molar-refractivity contribution in [2.24, 2.45) is 5.92 Å². The van der Waals surface area contributed by atoms with Crippen LogP contribution in [0.3, 0.4) is 0 Å². The van der Waals surface area contributed by atoms with Crippen LogP contribution in [-0.4, -0.2) is 58.7 Å². The number of rotatable bonds is 5. The first-order valence-corrected chi connectivity index (χ1v) is 11.6. The number of nitrogens with one attached hydrogen (secondary N) is 2. The third-order valence-electron chi connectivity index (χ3n) is 7.03. The number of nitrogens with zero attached hydrogens (tertiary/aromatic N) is 4. The molecule has 2 fully saturated rings. The molecule has 32 heavy (non-hydrogen) atoms. The largest absolute Gasteiger partial charge is 0.473 e. The number of imidazole rings is 1. The Hall–Kier alpha value is -2.84. The fourth-order valence-corrected chi connectivity index (χ4v) is 4.90. The molecule has 2 aromatic heterocycles. The Morgan fingerprint density at radius 3 is 2.91 bits per heavy atom. The van der Waals surface area contributed by atoms with Gasteiger partial charge in [0.05, 0.1) is 28.9 Å². The first kappa shape index (κ1) is 19.8. The van der Waals surface area contributed by atoms with Crippen LogP contribution in [0.2, 0.25) is 0 Å². The number of ether oxygens (including phenoxy) is 1. The maximum absolute atomic E-state index is 9.88. The Morgan fingerprint density at radius 2 is 2.12 bits per heavy atom. The third-order valence-corrected chi connectivity index (χ3v) is 7.03. The average Bonchev–Trinajstić information content (AvgIpc) is 3.39. The molecule has 2 aliphatic heterocycles. The fraction of sp³-hybridized carbons (Fsp3) is 0.500. The lowest BCUT2D eigenvalue weighted by molar-refractivity contribution is 0.125. The van der Waals surface area contributed by atoms with Gasteiger partial charge in [0, 0.05) is 44.2 Å². The highest BCUT2D eigenvalue weighted by atomic mass is 16.5. The van der Waals surface area contributed by atoms with Gasteiger partial charge in [-0.15, -0.1) is 0 Å². The van der Waals surface area contributed by atoms with Crippen molar-refractivity contribution in [1.29, 1.82) is 0 Å². The van der Waals surface area contributed by atoms with E-state index in [9.17, 15) is 5.11 Å². The molecular weight excluding hydrogens is 404 g/mol. The molecule has 0 bridgehead atoms. The Kier molecular flexibility index (Phi) is 4.73. The Morgan fingerprint density at radius 1 is 1.25 bits per heavy atom. The quantitative estimate of drug-likeness (QED) is 0.569. The summed E-state index contributed by atoms with van der Waals surface area (Å²) in [6, 6.07) is 9.00. The molecule has 1 saturated heterocycles. The van der Waals surface area contributed by atoms with Crippen LogP contribution in [0.1, 0.15) is 32.2 Å². The van der Waals surface area contributed by atoms with Gasteiger partial charge in [-0.25, -0.2) is 9.97 Å². The van der Waals surface area contributed by atoms with E-state index in [0.717, 1.165) is 47.6 Å². The summed E-state index contributed by atoms with van der Waals surface area (Å²) in [5, 5.41) is 16.5. The molecule has 3 aromatic rings. The zero-order valence-corrected chi connectivity index (χ0v) is 18.6. The van der Waals surface area contributed by atoms with E-state index in [1.54, 1.807) is 0 Å². The van der Waals surface area contributed by atoms with Crippen LogP contribution in [0.15, 0.2) is 30.6 Å². The molecule has 1 aliphatic carbocycles. The van der Waals surface area contributed by atoms with Gasteiger partial charge in [0.1, 0.15) is 17.8 Å². The molecule has 168 valence electrons. The second-order valence-corrected chi connectivity index (χ2v) is 9.39. The molecule has 3 N–H and O–H groups in total. The van der Waals surface area contributed by atoms with Crippen LogP contribution in [-0.2, 0) is 0 Å². The summed E-state index contributed by atoms with van der Waals surface area (Å²) >= 11 is 0. The van der Waals surface area contributed by atoms with Gasteiger partial charge < -0.3 is 24.6 Å². The van der Waals surface area contributed by atoms with E-state index in [2.05, 4.69) is 58.3 Å². The molecule has 0 amide bonds. The molecule has 3 unspecified atom stereocenters. The number of fused-ring (bicyclic) bond motifs is 2. The van der Waals surface area contributed by atoms with Crippen molar-refractivity contribution in [3.63, 3.8) is 0 Å². The summed E-state index contributed by atoms with van der Waals surface area (Å²) < 4.78 is 8.70. The normalized spacial score (nSPS) is 23.8. The summed E-state index contributed by atoms with van der Waals surface area (Å²) in [6.45, 7) is 4.74. The number of aromatic nitrogens is 3. The van der Waals surface area contributed by atoms with Gasteiger partial charge in [-0.1, -0.05) is 6.07 Å². The minimum atomic E-state index is -0.455. The van der Waals surface area contributed by atoms with Crippen molar-refractivity contribution in [1.82, 2.24) is 19.9 Å². The number of likely N-dealkylation sites (N-methyl/N-ethyl adjacent to an activating group) is 1. The smallest absolute Gasteiger partial charge is 0.241 e. The minimum Gasteiger partial charge on any atom is -0.473 e. The van der Waals surface area contributed by atoms with Crippen LogP contribution in [0, 0.1) is 5.92 Å². The Labute approximate surface area is 187 Å². The van der Waals surface area contributed by atoms with Gasteiger partial charge in [0.2, 0.25) is 5.88 Å². The van der Waals surface area contributed by atoms with E-state index in [0.29, 0.717) is 18.3 Å². The lowest BCUT2D eigenvalue weighted by atomic mass is 10.0. The molecule has 0 spiro atoms. The van der Waals surface area contributed by atoms with Gasteiger partial charge in [0.15, 0.2) is 0 Å². The fourth-order valence-electron chi connectivity index (χ4n) is 4.90. The lowest BCUT2D eigenvalue weighted by Crippen LogP contribution is -2.30. The third kappa shape index (κ3) is 3.47. The van der Waals surface area contributed by atoms with Crippen molar-refractivity contribution in [3.8, 4) is 17.1 Å². The standard InChI is InChI=1S/C24H30N6O2/c1-14(16-10-22(31)26-12-16)32-24-23-20(27-13-30(23)17-4-5-17)11-18(28-24)15-3-6-21-19(9-15)25-7-8-29(21)2/h3,6,9,11,13-14,16-17,22,25-26,31H,4-5,7-8,10,12H2,1-2H3. The van der Waals surface area contributed by atoms with E-state index in [1.165, 1.54) is 18.5 Å². The SMILES string of the molecule is CC(Oc1nc(-c2ccc3c(c2)NCCN3C)cc2ncn(C3CC3)c12)C1CNC(O)C1. The van der Waals surface area contributed by atoms with Crippen LogP contribution in [0.4, 0.5) is 11.4 Å². The number of hydrogen-bond donors (Lipinski definition) is 3.